The summed E-state index contributed by atoms with van der Waals surface area (Å²) in [6, 6.07) is 3.07. The number of halogens is 1. The van der Waals surface area contributed by atoms with Crippen molar-refractivity contribution in [2.45, 2.75) is 45.6 Å². The molecule has 0 aromatic carbocycles. The predicted molar refractivity (Wildman–Crippen MR) is 78.3 cm³/mol. The number of amides is 1. The number of aromatic nitrogens is 1. The first-order valence-corrected chi connectivity index (χ1v) is 6.80. The molecule has 1 amide bonds. The molecule has 1 rings (SSSR count). The highest BCUT2D eigenvalue weighted by atomic mass is 35.5. The first-order chi connectivity index (χ1) is 8.97. The molecular weight excluding hydrogens is 260 g/mol. The van der Waals surface area contributed by atoms with Crippen LogP contribution in [0.5, 0.6) is 0 Å². The highest BCUT2D eigenvalue weighted by Gasteiger charge is 2.14. The maximum atomic E-state index is 12.1. The Kier molecular flexibility index (Phi) is 5.85. The zero-order valence-electron chi connectivity index (χ0n) is 11.5. The van der Waals surface area contributed by atoms with Crippen LogP contribution in [0.1, 0.15) is 55.6 Å². The Labute approximate surface area is 119 Å². The third-order valence-electron chi connectivity index (χ3n) is 2.75. The zero-order valence-corrected chi connectivity index (χ0v) is 12.3. The molecule has 1 N–H and O–H groups in total. The van der Waals surface area contributed by atoms with Gasteiger partial charge in [0.25, 0.3) is 5.91 Å². The van der Waals surface area contributed by atoms with E-state index < -0.39 is 0 Å². The van der Waals surface area contributed by atoms with Gasteiger partial charge in [-0.2, -0.15) is 0 Å². The molecule has 0 fully saturated rings. The van der Waals surface area contributed by atoms with Gasteiger partial charge in [-0.05, 0) is 24.5 Å². The number of carbonyl (C=O) groups is 1. The Morgan fingerprint density at radius 2 is 2.21 bits per heavy atom. The second-order valence-electron chi connectivity index (χ2n) is 4.74. The Morgan fingerprint density at radius 3 is 2.74 bits per heavy atom. The molecule has 0 saturated heterocycles. The van der Waals surface area contributed by atoms with Crippen molar-refractivity contribution in [3.05, 3.63) is 28.5 Å². The Balaban J connectivity index is 2.91. The quantitative estimate of drug-likeness (QED) is 0.663. The van der Waals surface area contributed by atoms with Crippen LogP contribution in [0.3, 0.4) is 0 Å². The standard InChI is InChI=1S/C15H19ClN2O/c1-5-7-12(6-2)17-15(19)11-8-13(10(3)4)18-14(16)9-11/h2,8-10,12H,5,7H2,1,3-4H3,(H,17,19). The minimum atomic E-state index is -0.244. The number of rotatable bonds is 5. The second-order valence-corrected chi connectivity index (χ2v) is 5.13. The third kappa shape index (κ3) is 4.57. The number of hydrogen-bond acceptors (Lipinski definition) is 2. The van der Waals surface area contributed by atoms with Crippen molar-refractivity contribution >= 4 is 17.5 Å². The molecule has 1 unspecified atom stereocenters. The first-order valence-electron chi connectivity index (χ1n) is 6.42. The van der Waals surface area contributed by atoms with Gasteiger partial charge in [0.05, 0.1) is 6.04 Å². The normalized spacial score (nSPS) is 12.0. The van der Waals surface area contributed by atoms with Crippen molar-refractivity contribution in [2.24, 2.45) is 0 Å². The Morgan fingerprint density at radius 1 is 1.53 bits per heavy atom. The van der Waals surface area contributed by atoms with Crippen molar-refractivity contribution in [1.29, 1.82) is 0 Å². The number of carbonyl (C=O) groups excluding carboxylic acids is 1. The molecule has 0 bridgehead atoms. The van der Waals surface area contributed by atoms with Gasteiger partial charge in [-0.3, -0.25) is 4.79 Å². The molecule has 0 aliphatic carbocycles. The van der Waals surface area contributed by atoms with E-state index in [0.29, 0.717) is 10.7 Å². The van der Waals surface area contributed by atoms with Crippen LogP contribution in [0.2, 0.25) is 5.15 Å². The fraction of sp³-hybridized carbons (Fsp3) is 0.467. The van der Waals surface area contributed by atoms with Crippen molar-refractivity contribution < 1.29 is 4.79 Å². The SMILES string of the molecule is C#CC(CCC)NC(=O)c1cc(Cl)nc(C(C)C)c1. The number of nitrogens with one attached hydrogen (secondary N) is 1. The fourth-order valence-corrected chi connectivity index (χ4v) is 1.89. The van der Waals surface area contributed by atoms with Crippen LogP contribution in [-0.2, 0) is 0 Å². The monoisotopic (exact) mass is 278 g/mol. The lowest BCUT2D eigenvalue weighted by Gasteiger charge is -2.13. The van der Waals surface area contributed by atoms with E-state index in [-0.39, 0.29) is 17.9 Å². The topological polar surface area (TPSA) is 42.0 Å². The minimum absolute atomic E-state index is 0.206. The average molecular weight is 279 g/mol. The van der Waals surface area contributed by atoms with Gasteiger partial charge in [-0.15, -0.1) is 6.42 Å². The highest BCUT2D eigenvalue weighted by Crippen LogP contribution is 2.17. The molecule has 1 heterocycles. The van der Waals surface area contributed by atoms with Gasteiger partial charge < -0.3 is 5.32 Å². The number of nitrogens with zero attached hydrogens (tertiary/aromatic N) is 1. The Bertz CT molecular complexity index is 491. The molecule has 19 heavy (non-hydrogen) atoms. The van der Waals surface area contributed by atoms with E-state index in [4.69, 9.17) is 18.0 Å². The largest absolute Gasteiger partial charge is 0.338 e. The lowest BCUT2D eigenvalue weighted by molar-refractivity contribution is 0.0944. The summed E-state index contributed by atoms with van der Waals surface area (Å²) in [6.45, 7) is 6.03. The molecule has 0 spiro atoms. The summed E-state index contributed by atoms with van der Waals surface area (Å²) >= 11 is 5.94. The summed E-state index contributed by atoms with van der Waals surface area (Å²) in [4.78, 5) is 16.3. The zero-order chi connectivity index (χ0) is 14.4. The number of pyridine rings is 1. The number of hydrogen-bond donors (Lipinski definition) is 1. The predicted octanol–water partition coefficient (Wildman–Crippen LogP) is 3.39. The molecular formula is C15H19ClN2O. The van der Waals surface area contributed by atoms with Gasteiger partial charge in [0.2, 0.25) is 0 Å². The molecule has 4 heteroatoms. The van der Waals surface area contributed by atoms with E-state index in [1.165, 1.54) is 0 Å². The maximum Gasteiger partial charge on any atom is 0.252 e. The van der Waals surface area contributed by atoms with Crippen molar-refractivity contribution in [3.63, 3.8) is 0 Å². The molecule has 1 aromatic rings. The van der Waals surface area contributed by atoms with Crippen LogP contribution in [0.15, 0.2) is 12.1 Å². The summed E-state index contributed by atoms with van der Waals surface area (Å²) in [6.07, 6.45) is 7.07. The molecule has 0 saturated carbocycles. The van der Waals surface area contributed by atoms with Crippen molar-refractivity contribution in [2.75, 3.05) is 0 Å². The third-order valence-corrected chi connectivity index (χ3v) is 2.95. The van der Waals surface area contributed by atoms with Crippen LogP contribution in [0, 0.1) is 12.3 Å². The van der Waals surface area contributed by atoms with Gasteiger partial charge >= 0.3 is 0 Å². The molecule has 102 valence electrons. The van der Waals surface area contributed by atoms with Crippen LogP contribution in [0.4, 0.5) is 0 Å². The van der Waals surface area contributed by atoms with E-state index in [0.717, 1.165) is 18.5 Å². The fourth-order valence-electron chi connectivity index (χ4n) is 1.67. The summed E-state index contributed by atoms with van der Waals surface area (Å²) in [5.41, 5.74) is 1.30. The molecule has 0 aliphatic heterocycles. The summed E-state index contributed by atoms with van der Waals surface area (Å²) in [5.74, 6) is 2.58. The van der Waals surface area contributed by atoms with Gasteiger partial charge in [-0.1, -0.05) is 44.7 Å². The van der Waals surface area contributed by atoms with Crippen LogP contribution in [0.25, 0.3) is 0 Å². The van der Waals surface area contributed by atoms with Gasteiger partial charge in [0.1, 0.15) is 5.15 Å². The van der Waals surface area contributed by atoms with E-state index in [1.54, 1.807) is 12.1 Å². The lowest BCUT2D eigenvalue weighted by Crippen LogP contribution is -2.33. The van der Waals surface area contributed by atoms with Gasteiger partial charge in [-0.25, -0.2) is 4.98 Å². The van der Waals surface area contributed by atoms with Gasteiger partial charge in [0.15, 0.2) is 0 Å². The minimum Gasteiger partial charge on any atom is -0.338 e. The molecule has 1 atom stereocenters. The van der Waals surface area contributed by atoms with Gasteiger partial charge in [0, 0.05) is 11.3 Å². The van der Waals surface area contributed by atoms with Crippen molar-refractivity contribution in [1.82, 2.24) is 10.3 Å². The van der Waals surface area contributed by atoms with Crippen LogP contribution >= 0.6 is 11.6 Å². The lowest BCUT2D eigenvalue weighted by atomic mass is 10.1. The maximum absolute atomic E-state index is 12.1. The Hall–Kier alpha value is -1.53. The molecule has 1 aromatic heterocycles. The summed E-state index contributed by atoms with van der Waals surface area (Å²) in [5, 5.41) is 3.14. The highest BCUT2D eigenvalue weighted by molar-refractivity contribution is 6.29. The second kappa shape index (κ2) is 7.16. The first kappa shape index (κ1) is 15.5. The van der Waals surface area contributed by atoms with Crippen molar-refractivity contribution in [3.8, 4) is 12.3 Å². The van der Waals surface area contributed by atoms with E-state index in [9.17, 15) is 4.79 Å². The summed E-state index contributed by atoms with van der Waals surface area (Å²) < 4.78 is 0. The molecule has 3 nitrogen and oxygen atoms in total. The smallest absolute Gasteiger partial charge is 0.252 e. The molecule has 0 aliphatic rings. The average Bonchev–Trinajstić information content (AvgIpc) is 2.37. The van der Waals surface area contributed by atoms with Crippen LogP contribution in [-0.4, -0.2) is 16.9 Å². The van der Waals surface area contributed by atoms with E-state index in [1.807, 2.05) is 20.8 Å². The molecule has 0 radical (unpaired) electrons. The van der Waals surface area contributed by atoms with Crippen LogP contribution < -0.4 is 5.32 Å². The number of terminal acetylenes is 1. The van der Waals surface area contributed by atoms with E-state index in [2.05, 4.69) is 16.2 Å². The van der Waals surface area contributed by atoms with E-state index >= 15 is 0 Å². The summed E-state index contributed by atoms with van der Waals surface area (Å²) in [7, 11) is 0.